The Labute approximate surface area is 457 Å². The highest BCUT2D eigenvalue weighted by molar-refractivity contribution is 5.97. The van der Waals surface area contributed by atoms with Gasteiger partial charge in [0, 0.05) is 57.0 Å². The highest BCUT2D eigenvalue weighted by atomic mass is 16.6. The van der Waals surface area contributed by atoms with Gasteiger partial charge in [0.2, 0.25) is 17.7 Å². The summed E-state index contributed by atoms with van der Waals surface area (Å²) in [6, 6.07) is 4.30. The number of urea groups is 2. The number of rotatable bonds is 30. The van der Waals surface area contributed by atoms with Gasteiger partial charge in [-0.1, -0.05) is 63.1 Å². The molecule has 0 aromatic heterocycles. The van der Waals surface area contributed by atoms with E-state index < -0.39 is 72.0 Å². The summed E-state index contributed by atoms with van der Waals surface area (Å²) in [6.07, 6.45) is 9.62. The Kier molecular flexibility index (Phi) is 26.7. The number of esters is 1. The van der Waals surface area contributed by atoms with Crippen LogP contribution in [0.1, 0.15) is 118 Å². The monoisotopic (exact) mass is 1100 g/mol. The molecule has 78 heavy (non-hydrogen) atoms. The zero-order valence-electron chi connectivity index (χ0n) is 46.3. The number of unbranched alkanes of at least 4 members (excludes halogenated alkanes) is 2. The van der Waals surface area contributed by atoms with Gasteiger partial charge in [-0.25, -0.2) is 14.4 Å². The number of nitrogens with two attached hydrogens (primary N) is 2. The fourth-order valence-electron chi connectivity index (χ4n) is 9.21. The van der Waals surface area contributed by atoms with Gasteiger partial charge in [0.1, 0.15) is 30.5 Å². The zero-order chi connectivity index (χ0) is 57.4. The number of hydrogen-bond acceptors (Lipinski definition) is 15. The summed E-state index contributed by atoms with van der Waals surface area (Å²) in [4.78, 5) is 99.9. The number of benzene rings is 1. The maximum atomic E-state index is 13.6. The van der Waals surface area contributed by atoms with Crippen molar-refractivity contribution in [2.75, 3.05) is 38.2 Å². The standard InChI is InChI=1S/C55H85N9O14/c1-33(2)49(64-47(67)13-9-8-10-24-56)44(66)27-40(12-11-25-58-52(57)71)51(70)62-41-19-17-39(18-20-41)30-74-54(73)61-32-60-53(72)59-29-42-28-55(31-75-55)50(69)46(78-42)22-15-34(3)14-21-45-35(4)26-43(37(6)77-45)63-48(68)23-16-36(5)76-38(7)65/h14-20,22-23,33,35-37,40,42-43,45-46,49-50,69H,8-13,21,24-32,56H2,1-7H3,(H,61,73)(H,62,70)(H,63,68)(H,64,67)(H3,57,58,71)(H2,59,60,72)/b22-15+,23-16-,34-14+/t35-,36-,37+,40+,42-,43+,45-,46+,49-,50+,55+/m0/s1. The number of aliphatic hydroxyl groups excluding tert-OH is 1. The minimum Gasteiger partial charge on any atom is -0.459 e. The molecule has 3 saturated heterocycles. The van der Waals surface area contributed by atoms with Crippen LogP contribution in [0.4, 0.5) is 20.1 Å². The number of carbonyl (C=O) groups is 8. The Balaban J connectivity index is 1.17. The summed E-state index contributed by atoms with van der Waals surface area (Å²) in [5.41, 5.74) is 11.9. The van der Waals surface area contributed by atoms with Gasteiger partial charge < -0.3 is 77.5 Å². The first-order chi connectivity index (χ1) is 37.1. The van der Waals surface area contributed by atoms with E-state index in [1.54, 1.807) is 37.3 Å². The average molecular weight is 1100 g/mol. The topological polar surface area (TPSA) is 342 Å². The van der Waals surface area contributed by atoms with E-state index in [2.05, 4.69) is 50.2 Å². The molecule has 1 spiro atoms. The van der Waals surface area contributed by atoms with E-state index in [4.69, 9.17) is 35.2 Å². The highest BCUT2D eigenvalue weighted by Crippen LogP contribution is 2.42. The van der Waals surface area contributed by atoms with Crippen LogP contribution < -0.4 is 48.7 Å². The zero-order valence-corrected chi connectivity index (χ0v) is 46.3. The van der Waals surface area contributed by atoms with Gasteiger partial charge >= 0.3 is 24.1 Å². The number of carbonyl (C=O) groups excluding carboxylic acids is 8. The summed E-state index contributed by atoms with van der Waals surface area (Å²) in [7, 11) is 0. The van der Waals surface area contributed by atoms with Crippen LogP contribution in [0.5, 0.6) is 0 Å². The average Bonchev–Trinajstić information content (AvgIpc) is 4.24. The molecule has 434 valence electrons. The lowest BCUT2D eigenvalue weighted by atomic mass is 9.87. The summed E-state index contributed by atoms with van der Waals surface area (Å²) >= 11 is 0. The number of anilines is 1. The minimum atomic E-state index is -0.917. The molecule has 11 atom stereocenters. The van der Waals surface area contributed by atoms with Crippen molar-refractivity contribution in [1.82, 2.24) is 31.9 Å². The second-order valence-electron chi connectivity index (χ2n) is 20.8. The second-order valence-corrected chi connectivity index (χ2v) is 20.8. The molecule has 1 aromatic rings. The smallest absolute Gasteiger partial charge is 0.408 e. The molecular weight excluding hydrogens is 1010 g/mol. The first-order valence-corrected chi connectivity index (χ1v) is 27.1. The van der Waals surface area contributed by atoms with Crippen molar-refractivity contribution < 1.29 is 67.1 Å². The van der Waals surface area contributed by atoms with Crippen molar-refractivity contribution in [2.24, 2.45) is 29.2 Å². The van der Waals surface area contributed by atoms with Crippen LogP contribution in [0.3, 0.4) is 0 Å². The highest BCUT2D eigenvalue weighted by Gasteiger charge is 2.58. The van der Waals surface area contributed by atoms with Gasteiger partial charge in [-0.3, -0.25) is 24.0 Å². The lowest BCUT2D eigenvalue weighted by molar-refractivity contribution is -0.143. The number of ether oxygens (including phenoxy) is 5. The summed E-state index contributed by atoms with van der Waals surface area (Å²) in [5.74, 6) is -2.50. The molecule has 0 unspecified atom stereocenters. The van der Waals surface area contributed by atoms with Crippen LogP contribution in [0, 0.1) is 17.8 Å². The van der Waals surface area contributed by atoms with Crippen molar-refractivity contribution >= 4 is 53.3 Å². The van der Waals surface area contributed by atoms with E-state index in [0.717, 1.165) is 24.8 Å². The second kappa shape index (κ2) is 32.5. The fraction of sp³-hybridized carbons (Fsp3) is 0.636. The van der Waals surface area contributed by atoms with E-state index in [1.165, 1.54) is 19.1 Å². The van der Waals surface area contributed by atoms with E-state index in [1.807, 2.05) is 33.8 Å². The maximum Gasteiger partial charge on any atom is 0.408 e. The normalized spacial score (nSPS) is 24.1. The van der Waals surface area contributed by atoms with Crippen molar-refractivity contribution in [2.45, 2.75) is 174 Å². The van der Waals surface area contributed by atoms with Crippen molar-refractivity contribution in [1.29, 1.82) is 0 Å². The third-order valence-corrected chi connectivity index (χ3v) is 13.8. The van der Waals surface area contributed by atoms with Gasteiger partial charge in [0.25, 0.3) is 0 Å². The van der Waals surface area contributed by atoms with Crippen molar-refractivity contribution in [3.05, 3.63) is 65.8 Å². The molecule has 3 aliphatic rings. The fourth-order valence-corrected chi connectivity index (χ4v) is 9.21. The number of nitrogens with one attached hydrogen (secondary N) is 7. The molecule has 23 nitrogen and oxygen atoms in total. The molecule has 0 radical (unpaired) electrons. The molecular formula is C55H85N9O14. The van der Waals surface area contributed by atoms with Crippen molar-refractivity contribution in [3.8, 4) is 0 Å². The number of hydrogen-bond donors (Lipinski definition) is 10. The molecule has 0 saturated carbocycles. The molecule has 0 aliphatic carbocycles. The molecule has 4 rings (SSSR count). The predicted molar refractivity (Wildman–Crippen MR) is 290 cm³/mol. The summed E-state index contributed by atoms with van der Waals surface area (Å²) in [5, 5.41) is 30.0. The number of primary amides is 1. The number of alkyl carbamates (subject to hydrolysis) is 1. The first-order valence-electron chi connectivity index (χ1n) is 27.1. The van der Waals surface area contributed by atoms with Crippen molar-refractivity contribution in [3.63, 3.8) is 0 Å². The Morgan fingerprint density at radius 1 is 0.923 bits per heavy atom. The van der Waals surface area contributed by atoms with Gasteiger partial charge in [-0.2, -0.15) is 0 Å². The van der Waals surface area contributed by atoms with E-state index in [-0.39, 0.29) is 93.3 Å². The Morgan fingerprint density at radius 3 is 2.32 bits per heavy atom. The lowest BCUT2D eigenvalue weighted by Crippen LogP contribution is -2.53. The lowest BCUT2D eigenvalue weighted by Gasteiger charge is -2.39. The van der Waals surface area contributed by atoms with Gasteiger partial charge in [0.05, 0.1) is 43.7 Å². The molecule has 0 bridgehead atoms. The van der Waals surface area contributed by atoms with Gasteiger partial charge in [-0.15, -0.1) is 0 Å². The van der Waals surface area contributed by atoms with E-state index >= 15 is 0 Å². The third kappa shape index (κ3) is 22.9. The minimum absolute atomic E-state index is 0.0770. The number of epoxide rings is 1. The van der Waals surface area contributed by atoms with Crippen LogP contribution in [-0.4, -0.2) is 140 Å². The molecule has 23 heteroatoms. The van der Waals surface area contributed by atoms with Crippen LogP contribution in [0.2, 0.25) is 0 Å². The Morgan fingerprint density at radius 2 is 1.65 bits per heavy atom. The Bertz CT molecular complexity index is 2250. The quantitative estimate of drug-likeness (QED) is 0.0131. The molecule has 8 amide bonds. The molecule has 3 aliphatic heterocycles. The van der Waals surface area contributed by atoms with Crippen LogP contribution in [-0.2, 0) is 54.3 Å². The van der Waals surface area contributed by atoms with E-state index in [9.17, 15) is 43.5 Å². The molecule has 3 fully saturated rings. The molecule has 12 N–H and O–H groups in total. The largest absolute Gasteiger partial charge is 0.459 e. The number of amides is 8. The third-order valence-electron chi connectivity index (χ3n) is 13.8. The predicted octanol–water partition coefficient (Wildman–Crippen LogP) is 3.78. The van der Waals surface area contributed by atoms with E-state index in [0.29, 0.717) is 50.1 Å². The number of Topliss-reactive ketones (excluding diaryl/α,β-unsaturated/α-hetero) is 1. The number of ketones is 1. The molecule has 1 aromatic carbocycles. The SMILES string of the molecule is CC(=O)O[C@@H](C)/C=C\C(=O)N[C@@H]1C[C@H](C)[C@H](C/C=C(C)/C=C/[C@H]2O[C@H](CNC(=O)NCNC(=O)OCc3ccc(NC(=O)[C@H](CCCNC(N)=O)CC(=O)[C@@H](NC(=O)CCCCCN)C(C)C)cc3)C[C@@]3(CO3)[C@@H]2O)O[C@@H]1C. The Hall–Kier alpha value is -6.40. The summed E-state index contributed by atoms with van der Waals surface area (Å²) < 4.78 is 28.5. The molecule has 3 heterocycles. The number of aliphatic hydroxyl groups is 1. The van der Waals surface area contributed by atoms with Gasteiger partial charge in [0.15, 0.2) is 5.78 Å². The number of allylic oxidation sites excluding steroid dienone is 2. The van der Waals surface area contributed by atoms with Crippen LogP contribution >= 0.6 is 0 Å². The maximum absolute atomic E-state index is 13.6. The summed E-state index contributed by atoms with van der Waals surface area (Å²) in [6.45, 7) is 13.4. The first kappa shape index (κ1) is 64.1. The van der Waals surface area contributed by atoms with Crippen LogP contribution in [0.15, 0.2) is 60.2 Å². The van der Waals surface area contributed by atoms with Crippen LogP contribution in [0.25, 0.3) is 0 Å². The van der Waals surface area contributed by atoms with Gasteiger partial charge in [-0.05, 0) is 101 Å².